The van der Waals surface area contributed by atoms with Crippen molar-refractivity contribution in [3.05, 3.63) is 65.9 Å². The van der Waals surface area contributed by atoms with Crippen molar-refractivity contribution in [1.29, 1.82) is 0 Å². The maximum Gasteiger partial charge on any atom is 0.228 e. The van der Waals surface area contributed by atoms with Crippen LogP contribution in [0.25, 0.3) is 11.0 Å². The minimum Gasteiger partial charge on any atom is -0.490 e. The zero-order chi connectivity index (χ0) is 21.0. The molecule has 0 atom stereocenters. The molecule has 0 amide bonds. The Balaban J connectivity index is 1.43. The van der Waals surface area contributed by atoms with Crippen molar-refractivity contribution in [2.75, 3.05) is 6.61 Å². The lowest BCUT2D eigenvalue weighted by Gasteiger charge is -2.06. The zero-order valence-electron chi connectivity index (χ0n) is 18.2. The zero-order valence-corrected chi connectivity index (χ0v) is 18.2. The van der Waals surface area contributed by atoms with E-state index in [1.165, 1.54) is 57.8 Å². The molecule has 0 fully saturated rings. The molecule has 3 nitrogen and oxygen atoms in total. The molecular formula is C27H34O3. The lowest BCUT2D eigenvalue weighted by Crippen LogP contribution is -1.98. The molecule has 30 heavy (non-hydrogen) atoms. The summed E-state index contributed by atoms with van der Waals surface area (Å²) in [6.07, 6.45) is 13.0. The first-order valence-electron chi connectivity index (χ1n) is 11.5. The maximum absolute atomic E-state index is 12.7. The van der Waals surface area contributed by atoms with Crippen LogP contribution in [0.3, 0.4) is 0 Å². The molecule has 0 radical (unpaired) electrons. The first-order chi connectivity index (χ1) is 14.8. The lowest BCUT2D eigenvalue weighted by molar-refractivity contribution is 0.101. The number of fused-ring (bicyclic) bond motifs is 1. The van der Waals surface area contributed by atoms with Crippen LogP contribution in [0.5, 0.6) is 5.75 Å². The van der Waals surface area contributed by atoms with Gasteiger partial charge in [0.05, 0.1) is 6.61 Å². The van der Waals surface area contributed by atoms with Gasteiger partial charge in [0.1, 0.15) is 0 Å². The van der Waals surface area contributed by atoms with Gasteiger partial charge in [-0.1, -0.05) is 107 Å². The van der Waals surface area contributed by atoms with Gasteiger partial charge in [0.15, 0.2) is 17.1 Å². The molecule has 160 valence electrons. The van der Waals surface area contributed by atoms with E-state index in [-0.39, 0.29) is 5.78 Å². The van der Waals surface area contributed by atoms with E-state index in [9.17, 15) is 4.79 Å². The maximum atomic E-state index is 12.7. The first-order valence-corrected chi connectivity index (χ1v) is 11.5. The summed E-state index contributed by atoms with van der Waals surface area (Å²) in [7, 11) is 0. The van der Waals surface area contributed by atoms with Gasteiger partial charge < -0.3 is 9.15 Å². The molecule has 0 N–H and O–H groups in total. The van der Waals surface area contributed by atoms with Crippen LogP contribution >= 0.6 is 0 Å². The highest BCUT2D eigenvalue weighted by Crippen LogP contribution is 2.30. The predicted molar refractivity (Wildman–Crippen MR) is 123 cm³/mol. The molecule has 0 saturated heterocycles. The van der Waals surface area contributed by atoms with Crippen LogP contribution in [0.15, 0.2) is 59.0 Å². The van der Waals surface area contributed by atoms with Crippen LogP contribution in [0.4, 0.5) is 0 Å². The number of unbranched alkanes of at least 4 members (excludes halogenated alkanes) is 9. The van der Waals surface area contributed by atoms with Gasteiger partial charge in [-0.2, -0.15) is 0 Å². The molecule has 0 bridgehead atoms. The van der Waals surface area contributed by atoms with Gasteiger partial charge in [-0.05, 0) is 18.6 Å². The van der Waals surface area contributed by atoms with Gasteiger partial charge in [0.25, 0.3) is 0 Å². The summed E-state index contributed by atoms with van der Waals surface area (Å²) in [4.78, 5) is 12.7. The Morgan fingerprint density at radius 2 is 1.47 bits per heavy atom. The van der Waals surface area contributed by atoms with Crippen molar-refractivity contribution in [2.24, 2.45) is 0 Å². The predicted octanol–water partition coefficient (Wildman–Crippen LogP) is 7.96. The number of benzene rings is 2. The summed E-state index contributed by atoms with van der Waals surface area (Å²) in [5.74, 6) is 0.967. The van der Waals surface area contributed by atoms with Gasteiger partial charge in [-0.3, -0.25) is 4.79 Å². The number of carbonyl (C=O) groups is 1. The van der Waals surface area contributed by atoms with Crippen molar-refractivity contribution in [2.45, 2.75) is 71.1 Å². The molecule has 0 aliphatic carbocycles. The number of hydrogen-bond donors (Lipinski definition) is 0. The normalized spacial score (nSPS) is 11.1. The Morgan fingerprint density at radius 3 is 2.17 bits per heavy atom. The fourth-order valence-electron chi connectivity index (χ4n) is 3.77. The smallest absolute Gasteiger partial charge is 0.228 e. The van der Waals surface area contributed by atoms with E-state index >= 15 is 0 Å². The molecule has 3 rings (SSSR count). The summed E-state index contributed by atoms with van der Waals surface area (Å²) in [5, 5.41) is 0.898. The van der Waals surface area contributed by atoms with E-state index in [4.69, 9.17) is 9.15 Å². The van der Waals surface area contributed by atoms with E-state index in [0.717, 1.165) is 17.6 Å². The Morgan fingerprint density at radius 1 is 0.800 bits per heavy atom. The number of para-hydroxylation sites is 1. The fourth-order valence-corrected chi connectivity index (χ4v) is 3.77. The molecule has 1 heterocycles. The Bertz CT molecular complexity index is 895. The van der Waals surface area contributed by atoms with E-state index < -0.39 is 0 Å². The molecule has 3 heteroatoms. The summed E-state index contributed by atoms with van der Waals surface area (Å²) >= 11 is 0. The first kappa shape index (κ1) is 22.1. The molecule has 0 unspecified atom stereocenters. The van der Waals surface area contributed by atoms with Gasteiger partial charge in [-0.15, -0.1) is 0 Å². The largest absolute Gasteiger partial charge is 0.490 e. The number of hydrogen-bond acceptors (Lipinski definition) is 3. The third-order valence-corrected chi connectivity index (χ3v) is 5.52. The molecule has 1 aromatic heterocycles. The van der Waals surface area contributed by atoms with Gasteiger partial charge >= 0.3 is 0 Å². The molecule has 0 aliphatic rings. The van der Waals surface area contributed by atoms with Crippen molar-refractivity contribution >= 4 is 16.8 Å². The number of ether oxygens (including phenoxy) is 1. The molecule has 0 saturated carbocycles. The third-order valence-electron chi connectivity index (χ3n) is 5.52. The highest BCUT2D eigenvalue weighted by Gasteiger charge is 2.16. The quantitative estimate of drug-likeness (QED) is 0.201. The average Bonchev–Trinajstić information content (AvgIpc) is 3.22. The van der Waals surface area contributed by atoms with Gasteiger partial charge in [-0.25, -0.2) is 0 Å². The van der Waals surface area contributed by atoms with Crippen molar-refractivity contribution in [3.63, 3.8) is 0 Å². The summed E-state index contributed by atoms with van der Waals surface area (Å²) in [5.41, 5.74) is 1.29. The minimum absolute atomic E-state index is 0.104. The number of ketones is 1. The van der Waals surface area contributed by atoms with Crippen LogP contribution in [0, 0.1) is 0 Å². The second kappa shape index (κ2) is 12.2. The molecule has 0 aliphatic heterocycles. The SMILES string of the molecule is CCCCCCCCCCCCOc1cccc2cc(C(=O)c3ccccc3)oc12. The average molecular weight is 407 g/mol. The van der Waals surface area contributed by atoms with E-state index in [2.05, 4.69) is 6.92 Å². The number of carbonyl (C=O) groups excluding carboxylic acids is 1. The van der Waals surface area contributed by atoms with E-state index in [1.54, 1.807) is 18.2 Å². The topological polar surface area (TPSA) is 39.4 Å². The van der Waals surface area contributed by atoms with E-state index in [1.807, 2.05) is 36.4 Å². The van der Waals surface area contributed by atoms with E-state index in [0.29, 0.717) is 23.5 Å². The fraction of sp³-hybridized carbons (Fsp3) is 0.444. The monoisotopic (exact) mass is 406 g/mol. The van der Waals surface area contributed by atoms with Crippen LogP contribution in [-0.2, 0) is 0 Å². The van der Waals surface area contributed by atoms with Crippen LogP contribution in [-0.4, -0.2) is 12.4 Å². The van der Waals surface area contributed by atoms with Crippen LogP contribution < -0.4 is 4.74 Å². The van der Waals surface area contributed by atoms with Crippen molar-refractivity contribution < 1.29 is 13.9 Å². The lowest BCUT2D eigenvalue weighted by atomic mass is 10.1. The number of rotatable bonds is 14. The second-order valence-electron chi connectivity index (χ2n) is 8.01. The highest BCUT2D eigenvalue weighted by molar-refractivity contribution is 6.09. The minimum atomic E-state index is -0.104. The summed E-state index contributed by atoms with van der Waals surface area (Å²) in [6.45, 7) is 2.94. The van der Waals surface area contributed by atoms with Gasteiger partial charge in [0, 0.05) is 10.9 Å². The molecular weight excluding hydrogens is 372 g/mol. The number of furan rings is 1. The standard InChI is InChI=1S/C27H34O3/c1-2-3-4-5-6-7-8-9-10-14-20-29-24-19-15-18-23-21-25(30-27(23)24)26(28)22-16-12-11-13-17-22/h11-13,15-19,21H,2-10,14,20H2,1H3. The molecule has 2 aromatic carbocycles. The third kappa shape index (κ3) is 6.48. The summed E-state index contributed by atoms with van der Waals surface area (Å²) in [6, 6.07) is 16.8. The van der Waals surface area contributed by atoms with Crippen LogP contribution in [0.1, 0.15) is 87.3 Å². The van der Waals surface area contributed by atoms with Crippen LogP contribution in [0.2, 0.25) is 0 Å². The summed E-state index contributed by atoms with van der Waals surface area (Å²) < 4.78 is 11.9. The highest BCUT2D eigenvalue weighted by atomic mass is 16.5. The second-order valence-corrected chi connectivity index (χ2v) is 8.01. The van der Waals surface area contributed by atoms with Gasteiger partial charge in [0.2, 0.25) is 5.78 Å². The Hall–Kier alpha value is -2.55. The Labute approximate surface area is 180 Å². The van der Waals surface area contributed by atoms with Crippen molar-refractivity contribution in [1.82, 2.24) is 0 Å². The molecule has 3 aromatic rings. The Kier molecular flexibility index (Phi) is 9.02. The van der Waals surface area contributed by atoms with Crippen molar-refractivity contribution in [3.8, 4) is 5.75 Å². The molecule has 0 spiro atoms.